The molecule has 0 atom stereocenters. The number of halogens is 4. The van der Waals surface area contributed by atoms with E-state index in [1.165, 1.54) is 17.4 Å². The SMILES string of the molecule is CCC(=O)c1cc(Cl)cc(C)c1O.Cc1nc2c(COCc3ccccc3)cc(C(F)(F)F)cc2s1. The number of phenols is 1. The van der Waals surface area contributed by atoms with Crippen molar-refractivity contribution in [2.24, 2.45) is 0 Å². The topological polar surface area (TPSA) is 59.4 Å². The van der Waals surface area contributed by atoms with Crippen LogP contribution in [0.3, 0.4) is 0 Å². The largest absolute Gasteiger partial charge is 0.507 e. The number of alkyl halides is 3. The van der Waals surface area contributed by atoms with Crippen LogP contribution in [0.2, 0.25) is 5.02 Å². The van der Waals surface area contributed by atoms with Crippen molar-refractivity contribution in [1.29, 1.82) is 0 Å². The van der Waals surface area contributed by atoms with Gasteiger partial charge in [-0.15, -0.1) is 11.3 Å². The average Bonchev–Trinajstić information content (AvgIpc) is 3.22. The maximum absolute atomic E-state index is 13.0. The number of aromatic nitrogens is 1. The molecule has 0 fully saturated rings. The van der Waals surface area contributed by atoms with E-state index in [-0.39, 0.29) is 18.1 Å². The van der Waals surface area contributed by atoms with Crippen LogP contribution in [0.5, 0.6) is 5.75 Å². The molecule has 3 aromatic carbocycles. The lowest BCUT2D eigenvalue weighted by atomic mass is 10.0. The molecule has 0 bridgehead atoms. The summed E-state index contributed by atoms with van der Waals surface area (Å²) in [4.78, 5) is 15.7. The molecule has 1 heterocycles. The van der Waals surface area contributed by atoms with Gasteiger partial charge in [-0.1, -0.05) is 48.9 Å². The van der Waals surface area contributed by atoms with Gasteiger partial charge in [0.15, 0.2) is 5.78 Å². The van der Waals surface area contributed by atoms with E-state index in [4.69, 9.17) is 16.3 Å². The fourth-order valence-corrected chi connectivity index (χ4v) is 4.66. The Morgan fingerprint density at radius 1 is 1.08 bits per heavy atom. The van der Waals surface area contributed by atoms with E-state index in [0.29, 0.717) is 45.0 Å². The lowest BCUT2D eigenvalue weighted by molar-refractivity contribution is -0.137. The van der Waals surface area contributed by atoms with Crippen molar-refractivity contribution in [2.75, 3.05) is 0 Å². The summed E-state index contributed by atoms with van der Waals surface area (Å²) in [6.07, 6.45) is -4.01. The zero-order valence-corrected chi connectivity index (χ0v) is 21.5. The summed E-state index contributed by atoms with van der Waals surface area (Å²) >= 11 is 7.02. The summed E-state index contributed by atoms with van der Waals surface area (Å²) in [6, 6.07) is 14.9. The van der Waals surface area contributed by atoms with Crippen molar-refractivity contribution in [3.8, 4) is 5.75 Å². The molecule has 4 nitrogen and oxygen atoms in total. The lowest BCUT2D eigenvalue weighted by Gasteiger charge is -2.10. The first-order valence-electron chi connectivity index (χ1n) is 11.1. The molecule has 0 amide bonds. The highest BCUT2D eigenvalue weighted by Gasteiger charge is 2.31. The van der Waals surface area contributed by atoms with E-state index in [2.05, 4.69) is 4.98 Å². The zero-order valence-electron chi connectivity index (χ0n) is 19.9. The summed E-state index contributed by atoms with van der Waals surface area (Å²) < 4.78 is 45.2. The van der Waals surface area contributed by atoms with Crippen molar-refractivity contribution in [3.05, 3.63) is 92.4 Å². The Bertz CT molecular complexity index is 1350. The van der Waals surface area contributed by atoms with Crippen LogP contribution in [0.4, 0.5) is 13.2 Å². The van der Waals surface area contributed by atoms with Gasteiger partial charge in [0.2, 0.25) is 0 Å². The monoisotopic (exact) mass is 535 g/mol. The lowest BCUT2D eigenvalue weighted by Crippen LogP contribution is -2.06. The van der Waals surface area contributed by atoms with Gasteiger partial charge >= 0.3 is 6.18 Å². The summed E-state index contributed by atoms with van der Waals surface area (Å²) in [7, 11) is 0. The number of phenolic OH excluding ortho intramolecular Hbond substituents is 1. The third kappa shape index (κ3) is 7.06. The van der Waals surface area contributed by atoms with E-state index < -0.39 is 11.7 Å². The summed E-state index contributed by atoms with van der Waals surface area (Å²) in [6.45, 7) is 5.69. The summed E-state index contributed by atoms with van der Waals surface area (Å²) in [5.74, 6) is -0.0562. The van der Waals surface area contributed by atoms with Crippen LogP contribution in [0.1, 0.15) is 51.0 Å². The van der Waals surface area contributed by atoms with Crippen molar-refractivity contribution in [2.45, 2.75) is 46.6 Å². The van der Waals surface area contributed by atoms with Gasteiger partial charge in [0.25, 0.3) is 0 Å². The van der Waals surface area contributed by atoms with E-state index >= 15 is 0 Å². The quantitative estimate of drug-likeness (QED) is 0.252. The third-order valence-electron chi connectivity index (χ3n) is 5.26. The Morgan fingerprint density at radius 3 is 2.42 bits per heavy atom. The Labute approximate surface area is 216 Å². The Hall–Kier alpha value is -2.94. The van der Waals surface area contributed by atoms with Gasteiger partial charge in [-0.05, 0) is 49.2 Å². The first kappa shape index (κ1) is 27.6. The number of hydrogen-bond acceptors (Lipinski definition) is 5. The minimum Gasteiger partial charge on any atom is -0.507 e. The summed E-state index contributed by atoms with van der Waals surface area (Å²) in [5.41, 5.74) is 2.32. The second-order valence-corrected chi connectivity index (χ2v) is 9.76. The standard InChI is InChI=1S/C17H14F3NOS.C10H11ClO2/c1-11-21-16-13(10-22-9-12-5-3-2-4-6-12)7-14(17(18,19)20)8-15(16)23-11;1-3-9(12)8-5-7(11)4-6(2)10(8)13/h2-8H,9-10H2,1H3;4-5,13H,3H2,1-2H3. The van der Waals surface area contributed by atoms with E-state index in [9.17, 15) is 23.1 Å². The molecule has 4 aromatic rings. The molecule has 0 aliphatic rings. The molecule has 1 aromatic heterocycles. The molecule has 190 valence electrons. The van der Waals surface area contributed by atoms with Crippen molar-refractivity contribution >= 4 is 38.9 Å². The predicted molar refractivity (Wildman–Crippen MR) is 137 cm³/mol. The van der Waals surface area contributed by atoms with Crippen LogP contribution in [0.15, 0.2) is 54.6 Å². The number of aromatic hydroxyl groups is 1. The van der Waals surface area contributed by atoms with E-state index in [1.54, 1.807) is 26.8 Å². The fourth-order valence-electron chi connectivity index (χ4n) is 3.47. The van der Waals surface area contributed by atoms with E-state index in [1.807, 2.05) is 30.3 Å². The second-order valence-electron chi connectivity index (χ2n) is 8.09. The van der Waals surface area contributed by atoms with Gasteiger partial charge in [0.05, 0.1) is 39.6 Å². The number of ether oxygens (including phenoxy) is 1. The van der Waals surface area contributed by atoms with Crippen LogP contribution in [0.25, 0.3) is 10.2 Å². The molecule has 0 unspecified atom stereocenters. The Balaban J connectivity index is 0.000000236. The molecular weight excluding hydrogens is 511 g/mol. The van der Waals surface area contributed by atoms with Crippen LogP contribution < -0.4 is 0 Å². The molecular formula is C27H25ClF3NO3S. The maximum atomic E-state index is 13.0. The number of thiazole rings is 1. The molecule has 0 aliphatic heterocycles. The number of hydrogen-bond donors (Lipinski definition) is 1. The number of carbonyl (C=O) groups is 1. The van der Waals surface area contributed by atoms with Gasteiger partial charge < -0.3 is 9.84 Å². The van der Waals surface area contributed by atoms with Crippen molar-refractivity contribution in [1.82, 2.24) is 4.98 Å². The van der Waals surface area contributed by atoms with Gasteiger partial charge in [-0.3, -0.25) is 4.79 Å². The smallest absolute Gasteiger partial charge is 0.416 e. The number of carbonyl (C=O) groups excluding carboxylic acids is 1. The van der Waals surface area contributed by atoms with Crippen LogP contribution >= 0.6 is 22.9 Å². The number of fused-ring (bicyclic) bond motifs is 1. The summed E-state index contributed by atoms with van der Waals surface area (Å²) in [5, 5.41) is 10.8. The van der Waals surface area contributed by atoms with Crippen LogP contribution in [0, 0.1) is 13.8 Å². The Morgan fingerprint density at radius 2 is 1.78 bits per heavy atom. The number of Topliss-reactive ketones (excluding diaryl/α,β-unsaturated/α-hetero) is 1. The van der Waals surface area contributed by atoms with Crippen molar-refractivity contribution in [3.63, 3.8) is 0 Å². The molecule has 0 saturated carbocycles. The minimum atomic E-state index is -4.37. The molecule has 0 aliphatic carbocycles. The van der Waals surface area contributed by atoms with Gasteiger partial charge in [0, 0.05) is 17.0 Å². The molecule has 0 radical (unpaired) electrons. The highest BCUT2D eigenvalue weighted by atomic mass is 35.5. The Kier molecular flexibility index (Phi) is 9.11. The van der Waals surface area contributed by atoms with Crippen LogP contribution in [-0.2, 0) is 24.1 Å². The number of benzene rings is 3. The van der Waals surface area contributed by atoms with Gasteiger partial charge in [0.1, 0.15) is 5.75 Å². The average molecular weight is 536 g/mol. The maximum Gasteiger partial charge on any atom is 0.416 e. The highest BCUT2D eigenvalue weighted by molar-refractivity contribution is 7.18. The molecule has 36 heavy (non-hydrogen) atoms. The van der Waals surface area contributed by atoms with Crippen LogP contribution in [-0.4, -0.2) is 15.9 Å². The highest BCUT2D eigenvalue weighted by Crippen LogP contribution is 2.35. The predicted octanol–water partition coefficient (Wildman–Crippen LogP) is 8.29. The number of rotatable bonds is 6. The molecule has 1 N–H and O–H groups in total. The third-order valence-corrected chi connectivity index (χ3v) is 6.40. The first-order valence-corrected chi connectivity index (χ1v) is 12.3. The van der Waals surface area contributed by atoms with Gasteiger partial charge in [-0.25, -0.2) is 4.98 Å². The molecule has 9 heteroatoms. The van der Waals surface area contributed by atoms with E-state index in [0.717, 1.165) is 22.7 Å². The molecule has 0 spiro atoms. The number of ketones is 1. The number of nitrogens with zero attached hydrogens (tertiary/aromatic N) is 1. The normalized spacial score (nSPS) is 11.3. The zero-order chi connectivity index (χ0) is 26.5. The van der Waals surface area contributed by atoms with Gasteiger partial charge in [-0.2, -0.15) is 13.2 Å². The minimum absolute atomic E-state index is 0.0382. The second kappa shape index (κ2) is 11.9. The first-order chi connectivity index (χ1) is 17.0. The van der Waals surface area contributed by atoms with Crippen molar-refractivity contribution < 1.29 is 27.8 Å². The number of aryl methyl sites for hydroxylation is 2. The molecule has 4 rings (SSSR count). The fraction of sp³-hybridized carbons (Fsp3) is 0.259. The molecule has 0 saturated heterocycles.